The van der Waals surface area contributed by atoms with Crippen LogP contribution in [0, 0.1) is 5.41 Å². The van der Waals surface area contributed by atoms with E-state index in [9.17, 15) is 9.59 Å². The monoisotopic (exact) mass is 512 g/mol. The Morgan fingerprint density at radius 2 is 1.79 bits per heavy atom. The predicted octanol–water partition coefficient (Wildman–Crippen LogP) is -0.278. The molecule has 0 saturated carbocycles. The van der Waals surface area contributed by atoms with E-state index in [1.165, 1.54) is 4.90 Å². The molecule has 0 aliphatic carbocycles. The maximum absolute atomic E-state index is 12.2. The summed E-state index contributed by atoms with van der Waals surface area (Å²) in [7, 11) is 3.41. The van der Waals surface area contributed by atoms with Gasteiger partial charge in [-0.25, -0.2) is 4.99 Å². The van der Waals surface area contributed by atoms with Gasteiger partial charge < -0.3 is 25.6 Å². The molecule has 1 rings (SSSR count). The second-order valence-corrected chi connectivity index (χ2v) is 7.43. The Balaban J connectivity index is 0.00000729. The van der Waals surface area contributed by atoms with Crippen LogP contribution in [0.1, 0.15) is 20.8 Å². The van der Waals surface area contributed by atoms with E-state index in [2.05, 4.69) is 25.8 Å². The molecular formula is C18H37IN6O3. The third-order valence-electron chi connectivity index (χ3n) is 4.35. The molecule has 10 heteroatoms. The number of rotatable bonds is 9. The highest BCUT2D eigenvalue weighted by molar-refractivity contribution is 14.0. The lowest BCUT2D eigenvalue weighted by Gasteiger charge is -2.27. The first-order valence-corrected chi connectivity index (χ1v) is 9.57. The van der Waals surface area contributed by atoms with E-state index in [0.29, 0.717) is 25.6 Å². The molecule has 9 nitrogen and oxygen atoms in total. The van der Waals surface area contributed by atoms with E-state index in [1.54, 1.807) is 14.1 Å². The normalized spacial score (nSPS) is 15.4. The Morgan fingerprint density at radius 1 is 1.14 bits per heavy atom. The molecule has 0 spiro atoms. The molecule has 164 valence electrons. The molecule has 2 amide bonds. The lowest BCUT2D eigenvalue weighted by Crippen LogP contribution is -2.49. The third-order valence-corrected chi connectivity index (χ3v) is 4.35. The molecule has 1 heterocycles. The highest BCUT2D eigenvalue weighted by Crippen LogP contribution is 2.13. The van der Waals surface area contributed by atoms with Crippen molar-refractivity contribution in [3.05, 3.63) is 0 Å². The van der Waals surface area contributed by atoms with Crippen molar-refractivity contribution >= 4 is 41.8 Å². The van der Waals surface area contributed by atoms with Crippen molar-refractivity contribution in [1.29, 1.82) is 0 Å². The second-order valence-electron chi connectivity index (χ2n) is 7.43. The predicted molar refractivity (Wildman–Crippen MR) is 122 cm³/mol. The van der Waals surface area contributed by atoms with Crippen LogP contribution in [-0.4, -0.2) is 101 Å². The SMILES string of the molecule is CCNC(=O)C(C)(C)CNC(=NCC(=O)N(C)C)NCCN1CCOCC1.I. The van der Waals surface area contributed by atoms with Crippen LogP contribution in [0.3, 0.4) is 0 Å². The van der Waals surface area contributed by atoms with E-state index in [1.807, 2.05) is 20.8 Å². The van der Waals surface area contributed by atoms with E-state index in [-0.39, 0.29) is 42.3 Å². The second kappa shape index (κ2) is 13.9. The summed E-state index contributed by atoms with van der Waals surface area (Å²) in [6.45, 7) is 11.6. The highest BCUT2D eigenvalue weighted by atomic mass is 127. The number of nitrogens with zero attached hydrogens (tertiary/aromatic N) is 3. The molecule has 1 fully saturated rings. The third kappa shape index (κ3) is 10.4. The summed E-state index contributed by atoms with van der Waals surface area (Å²) in [4.78, 5) is 32.2. The van der Waals surface area contributed by atoms with E-state index >= 15 is 0 Å². The zero-order chi connectivity index (χ0) is 20.3. The van der Waals surface area contributed by atoms with Crippen molar-refractivity contribution in [1.82, 2.24) is 25.8 Å². The molecule has 0 atom stereocenters. The zero-order valence-corrected chi connectivity index (χ0v) is 20.2. The number of morpholine rings is 1. The Hall–Kier alpha value is -1.14. The van der Waals surface area contributed by atoms with Crippen LogP contribution in [0.15, 0.2) is 4.99 Å². The Labute approximate surface area is 186 Å². The van der Waals surface area contributed by atoms with Crippen LogP contribution in [0.25, 0.3) is 0 Å². The minimum atomic E-state index is -0.589. The lowest BCUT2D eigenvalue weighted by molar-refractivity contribution is -0.129. The number of carbonyl (C=O) groups excluding carboxylic acids is 2. The number of hydrogen-bond donors (Lipinski definition) is 3. The maximum Gasteiger partial charge on any atom is 0.243 e. The largest absolute Gasteiger partial charge is 0.379 e. The van der Waals surface area contributed by atoms with Crippen molar-refractivity contribution in [3.63, 3.8) is 0 Å². The van der Waals surface area contributed by atoms with Gasteiger partial charge in [-0.15, -0.1) is 24.0 Å². The van der Waals surface area contributed by atoms with E-state index in [4.69, 9.17) is 4.74 Å². The van der Waals surface area contributed by atoms with Gasteiger partial charge in [-0.05, 0) is 20.8 Å². The number of halogens is 1. The molecule has 1 aliphatic rings. The molecule has 0 bridgehead atoms. The molecule has 28 heavy (non-hydrogen) atoms. The molecule has 0 aromatic rings. The topological polar surface area (TPSA) is 98.3 Å². The fraction of sp³-hybridized carbons (Fsp3) is 0.833. The summed E-state index contributed by atoms with van der Waals surface area (Å²) in [6, 6.07) is 0. The average molecular weight is 512 g/mol. The molecule has 1 saturated heterocycles. The fourth-order valence-electron chi connectivity index (χ4n) is 2.40. The standard InChI is InChI=1S/C18H36N6O3.HI/c1-6-19-16(26)18(2,3)14-22-17(21-13-15(25)23(4)5)20-7-8-24-9-11-27-12-10-24;/h6-14H2,1-5H3,(H,19,26)(H2,20,21,22);1H. The Kier molecular flexibility index (Phi) is 13.4. The number of ether oxygens (including phenoxy) is 1. The van der Waals surface area contributed by atoms with Crippen molar-refractivity contribution < 1.29 is 14.3 Å². The summed E-state index contributed by atoms with van der Waals surface area (Å²) in [5.74, 6) is 0.442. The quantitative estimate of drug-likeness (QED) is 0.224. The minimum Gasteiger partial charge on any atom is -0.379 e. The van der Waals surface area contributed by atoms with Gasteiger partial charge >= 0.3 is 0 Å². The number of aliphatic imine (C=N–C) groups is 1. The van der Waals surface area contributed by atoms with Crippen LogP contribution in [0.4, 0.5) is 0 Å². The lowest BCUT2D eigenvalue weighted by atomic mass is 9.92. The summed E-state index contributed by atoms with van der Waals surface area (Å²) < 4.78 is 5.35. The van der Waals surface area contributed by atoms with Gasteiger partial charge in [0.25, 0.3) is 0 Å². The van der Waals surface area contributed by atoms with Crippen LogP contribution in [0.2, 0.25) is 0 Å². The van der Waals surface area contributed by atoms with Crippen LogP contribution in [0.5, 0.6) is 0 Å². The number of likely N-dealkylation sites (N-methyl/N-ethyl adjacent to an activating group) is 1. The summed E-state index contributed by atoms with van der Waals surface area (Å²) in [6.07, 6.45) is 0. The fourth-order valence-corrected chi connectivity index (χ4v) is 2.40. The van der Waals surface area contributed by atoms with Crippen molar-refractivity contribution in [2.24, 2.45) is 10.4 Å². The van der Waals surface area contributed by atoms with Crippen molar-refractivity contribution in [2.45, 2.75) is 20.8 Å². The van der Waals surface area contributed by atoms with Gasteiger partial charge in [0, 0.05) is 53.4 Å². The molecule has 0 unspecified atom stereocenters. The summed E-state index contributed by atoms with van der Waals surface area (Å²) in [5.41, 5.74) is -0.589. The first kappa shape index (κ1) is 26.9. The van der Waals surface area contributed by atoms with Gasteiger partial charge in [0.1, 0.15) is 6.54 Å². The molecule has 0 radical (unpaired) electrons. The maximum atomic E-state index is 12.2. The first-order valence-electron chi connectivity index (χ1n) is 9.57. The minimum absolute atomic E-state index is 0. The summed E-state index contributed by atoms with van der Waals surface area (Å²) >= 11 is 0. The van der Waals surface area contributed by atoms with Gasteiger partial charge in [-0.2, -0.15) is 0 Å². The van der Waals surface area contributed by atoms with Gasteiger partial charge in [-0.1, -0.05) is 0 Å². The molecule has 3 N–H and O–H groups in total. The van der Waals surface area contributed by atoms with Gasteiger partial charge in [-0.3, -0.25) is 14.5 Å². The van der Waals surface area contributed by atoms with E-state index in [0.717, 1.165) is 32.8 Å². The van der Waals surface area contributed by atoms with E-state index < -0.39 is 5.41 Å². The van der Waals surface area contributed by atoms with Crippen molar-refractivity contribution in [3.8, 4) is 0 Å². The number of nitrogens with one attached hydrogen (secondary N) is 3. The first-order chi connectivity index (χ1) is 12.8. The molecule has 1 aliphatic heterocycles. The smallest absolute Gasteiger partial charge is 0.243 e. The Morgan fingerprint density at radius 3 is 2.36 bits per heavy atom. The highest BCUT2D eigenvalue weighted by Gasteiger charge is 2.27. The van der Waals surface area contributed by atoms with Gasteiger partial charge in [0.05, 0.1) is 18.6 Å². The van der Waals surface area contributed by atoms with Gasteiger partial charge in [0.15, 0.2) is 5.96 Å². The number of amides is 2. The van der Waals surface area contributed by atoms with Gasteiger partial charge in [0.2, 0.25) is 11.8 Å². The Bertz CT molecular complexity index is 508. The molecular weight excluding hydrogens is 475 g/mol. The van der Waals surface area contributed by atoms with Crippen LogP contribution < -0.4 is 16.0 Å². The number of hydrogen-bond acceptors (Lipinski definition) is 5. The summed E-state index contributed by atoms with van der Waals surface area (Å²) in [5, 5.41) is 9.30. The van der Waals surface area contributed by atoms with Crippen LogP contribution >= 0.6 is 24.0 Å². The number of guanidine groups is 1. The molecule has 0 aromatic heterocycles. The van der Waals surface area contributed by atoms with Crippen LogP contribution in [-0.2, 0) is 14.3 Å². The van der Waals surface area contributed by atoms with Crippen molar-refractivity contribution in [2.75, 3.05) is 73.1 Å². The number of carbonyl (C=O) groups is 2. The average Bonchev–Trinajstić information content (AvgIpc) is 2.64. The molecule has 0 aromatic carbocycles. The zero-order valence-electron chi connectivity index (χ0n) is 17.8.